The van der Waals surface area contributed by atoms with Crippen LogP contribution in [0.15, 0.2) is 60.8 Å². The maximum atomic E-state index is 12.6. The number of rotatable bonds is 44. The molecule has 9 nitrogen and oxygen atoms in total. The molecular formula is C48H87O9P. The molecule has 0 saturated carbocycles. The van der Waals surface area contributed by atoms with E-state index in [9.17, 15) is 19.4 Å². The van der Waals surface area contributed by atoms with E-state index in [1.165, 1.54) is 89.9 Å². The summed E-state index contributed by atoms with van der Waals surface area (Å²) in [6.45, 7) is 3.36. The summed E-state index contributed by atoms with van der Waals surface area (Å²) in [6, 6.07) is 0. The van der Waals surface area contributed by atoms with Crippen LogP contribution < -0.4 is 0 Å². The van der Waals surface area contributed by atoms with Gasteiger partial charge in [-0.3, -0.25) is 13.8 Å². The van der Waals surface area contributed by atoms with Crippen molar-refractivity contribution in [1.82, 2.24) is 0 Å². The molecule has 0 amide bonds. The van der Waals surface area contributed by atoms with Crippen LogP contribution in [0.5, 0.6) is 0 Å². The lowest BCUT2D eigenvalue weighted by Crippen LogP contribution is -2.29. The van der Waals surface area contributed by atoms with Gasteiger partial charge in [0, 0.05) is 13.0 Å². The zero-order chi connectivity index (χ0) is 42.5. The normalized spacial score (nSPS) is 14.5. The molecule has 0 aromatic carbocycles. The van der Waals surface area contributed by atoms with Crippen molar-refractivity contribution < 1.29 is 43.0 Å². The van der Waals surface area contributed by atoms with E-state index in [0.29, 0.717) is 6.61 Å². The lowest BCUT2D eigenvalue weighted by Gasteiger charge is -2.20. The smallest absolute Gasteiger partial charge is 0.457 e. The molecule has 0 heterocycles. The summed E-state index contributed by atoms with van der Waals surface area (Å²) in [5.74, 6) is -0.393. The third kappa shape index (κ3) is 43.7. The van der Waals surface area contributed by atoms with E-state index in [2.05, 4.69) is 74.6 Å². The van der Waals surface area contributed by atoms with Gasteiger partial charge in [0.05, 0.1) is 26.4 Å². The molecule has 0 bridgehead atoms. The first-order valence-corrected chi connectivity index (χ1v) is 24.8. The third-order valence-corrected chi connectivity index (χ3v) is 10.6. The van der Waals surface area contributed by atoms with E-state index >= 15 is 0 Å². The largest absolute Gasteiger partial charge is 0.472 e. The predicted octanol–water partition coefficient (Wildman–Crippen LogP) is 13.1. The molecule has 3 N–H and O–H groups in total. The van der Waals surface area contributed by atoms with Crippen molar-refractivity contribution in [2.24, 2.45) is 0 Å². The molecule has 0 aliphatic rings. The molecule has 10 heteroatoms. The Balaban J connectivity index is 4.17. The maximum absolute atomic E-state index is 12.6. The van der Waals surface area contributed by atoms with Crippen LogP contribution in [-0.2, 0) is 27.9 Å². The van der Waals surface area contributed by atoms with Crippen LogP contribution in [0.3, 0.4) is 0 Å². The summed E-state index contributed by atoms with van der Waals surface area (Å²) in [7, 11) is -4.53. The first kappa shape index (κ1) is 56.2. The van der Waals surface area contributed by atoms with E-state index in [1.807, 2.05) is 0 Å². The lowest BCUT2D eigenvalue weighted by atomic mass is 10.1. The number of phosphoric acid groups is 1. The Morgan fingerprint density at radius 3 is 1.50 bits per heavy atom. The Bertz CT molecular complexity index is 1090. The van der Waals surface area contributed by atoms with E-state index in [-0.39, 0.29) is 19.6 Å². The van der Waals surface area contributed by atoms with Gasteiger partial charge in [-0.1, -0.05) is 171 Å². The van der Waals surface area contributed by atoms with Crippen molar-refractivity contribution in [3.05, 3.63) is 60.8 Å². The number of allylic oxidation sites excluding steroid dienone is 10. The van der Waals surface area contributed by atoms with Crippen LogP contribution in [0, 0.1) is 0 Å². The molecular weight excluding hydrogens is 751 g/mol. The quantitative estimate of drug-likeness (QED) is 0.0237. The number of carbonyl (C=O) groups excluding carboxylic acids is 1. The van der Waals surface area contributed by atoms with Crippen LogP contribution in [0.1, 0.15) is 194 Å². The average Bonchev–Trinajstić information content (AvgIpc) is 3.21. The van der Waals surface area contributed by atoms with Gasteiger partial charge in [0.25, 0.3) is 0 Å². The summed E-state index contributed by atoms with van der Waals surface area (Å²) in [5.41, 5.74) is 0. The highest BCUT2D eigenvalue weighted by Gasteiger charge is 2.26. The highest BCUT2D eigenvalue weighted by Crippen LogP contribution is 2.43. The Morgan fingerprint density at radius 1 is 0.552 bits per heavy atom. The van der Waals surface area contributed by atoms with E-state index in [4.69, 9.17) is 23.6 Å². The van der Waals surface area contributed by atoms with Crippen molar-refractivity contribution in [3.8, 4) is 0 Å². The van der Waals surface area contributed by atoms with Crippen molar-refractivity contribution >= 4 is 13.8 Å². The fourth-order valence-electron chi connectivity index (χ4n) is 6.16. The SMILES string of the molecule is CC/C=C\C/C=C\C/C=C\C/C=C\CCCCCCCOCC(COP(=O)(O)OCC(O)CO)OC(=O)CCCCCCCCCCC/C=C\CCCCCCCC. The van der Waals surface area contributed by atoms with Gasteiger partial charge >= 0.3 is 13.8 Å². The molecule has 58 heavy (non-hydrogen) atoms. The van der Waals surface area contributed by atoms with Crippen LogP contribution >= 0.6 is 7.82 Å². The molecule has 0 aromatic heterocycles. The number of ether oxygens (including phenoxy) is 2. The summed E-state index contributed by atoms with van der Waals surface area (Å²) in [6.07, 6.45) is 51.8. The zero-order valence-corrected chi connectivity index (χ0v) is 37.9. The first-order valence-electron chi connectivity index (χ1n) is 23.3. The second-order valence-electron chi connectivity index (χ2n) is 15.4. The topological polar surface area (TPSA) is 132 Å². The van der Waals surface area contributed by atoms with Crippen molar-refractivity contribution in [2.45, 2.75) is 206 Å². The maximum Gasteiger partial charge on any atom is 0.472 e. The zero-order valence-electron chi connectivity index (χ0n) is 37.0. The number of hydrogen-bond donors (Lipinski definition) is 3. The predicted molar refractivity (Wildman–Crippen MR) is 242 cm³/mol. The third-order valence-electron chi connectivity index (χ3n) is 9.69. The van der Waals surface area contributed by atoms with Gasteiger partial charge in [-0.25, -0.2) is 4.57 Å². The van der Waals surface area contributed by atoms with E-state index in [0.717, 1.165) is 83.5 Å². The molecule has 3 atom stereocenters. The van der Waals surface area contributed by atoms with Gasteiger partial charge in [-0.2, -0.15) is 0 Å². The molecule has 0 aromatic rings. The van der Waals surface area contributed by atoms with E-state index in [1.54, 1.807) is 0 Å². The molecule has 338 valence electrons. The number of esters is 1. The fraction of sp³-hybridized carbons (Fsp3) is 0.771. The number of carbonyl (C=O) groups is 1. The molecule has 0 spiro atoms. The molecule has 0 aliphatic carbocycles. The minimum absolute atomic E-state index is 0.0340. The van der Waals surface area contributed by atoms with Gasteiger partial charge in [0.15, 0.2) is 0 Å². The fourth-order valence-corrected chi connectivity index (χ4v) is 6.95. The van der Waals surface area contributed by atoms with Gasteiger partial charge in [-0.15, -0.1) is 0 Å². The van der Waals surface area contributed by atoms with Crippen molar-refractivity contribution in [1.29, 1.82) is 0 Å². The minimum atomic E-state index is -4.53. The standard InChI is InChI=1S/C48H87O9P/c1-3-5-7-9-11-13-15-17-19-21-23-24-26-28-30-32-34-36-38-40-48(51)57-47(45-56-58(52,53)55-43-46(50)42-49)44-54-41-39-37-35-33-31-29-27-25-22-20-18-16-14-12-10-8-6-4-2/h6,8,12,14,17-20,25,27,46-47,49-50H,3-5,7,9-11,13,15-16,21-24,26,28-45H2,1-2H3,(H,52,53)/b8-6-,14-12-,19-17-,20-18-,27-25-. The average molecular weight is 839 g/mol. The summed E-state index contributed by atoms with van der Waals surface area (Å²) >= 11 is 0. The molecule has 0 aliphatic heterocycles. The lowest BCUT2D eigenvalue weighted by molar-refractivity contribution is -0.154. The van der Waals surface area contributed by atoms with Crippen molar-refractivity contribution in [2.75, 3.05) is 33.0 Å². The van der Waals surface area contributed by atoms with Gasteiger partial charge in [0.1, 0.15) is 12.2 Å². The van der Waals surface area contributed by atoms with Crippen molar-refractivity contribution in [3.63, 3.8) is 0 Å². The minimum Gasteiger partial charge on any atom is -0.457 e. The Kier molecular flexibility index (Phi) is 43.3. The number of phosphoric ester groups is 1. The highest BCUT2D eigenvalue weighted by molar-refractivity contribution is 7.47. The Labute approximate surface area is 355 Å². The van der Waals surface area contributed by atoms with Gasteiger partial charge < -0.3 is 24.6 Å². The molecule has 0 rings (SSSR count). The monoisotopic (exact) mass is 839 g/mol. The number of aliphatic hydroxyl groups excluding tert-OH is 2. The number of hydrogen-bond acceptors (Lipinski definition) is 8. The van der Waals surface area contributed by atoms with Crippen LogP contribution in [-0.4, -0.2) is 66.3 Å². The Hall–Kier alpha value is -1.84. The summed E-state index contributed by atoms with van der Waals surface area (Å²) < 4.78 is 33.4. The summed E-state index contributed by atoms with van der Waals surface area (Å²) in [5, 5.41) is 18.4. The second-order valence-corrected chi connectivity index (χ2v) is 16.8. The van der Waals surface area contributed by atoms with Crippen LogP contribution in [0.2, 0.25) is 0 Å². The molecule has 0 fully saturated rings. The number of aliphatic hydroxyl groups is 2. The van der Waals surface area contributed by atoms with E-state index < -0.39 is 39.2 Å². The molecule has 3 unspecified atom stereocenters. The van der Waals surface area contributed by atoms with Gasteiger partial charge in [0.2, 0.25) is 0 Å². The molecule has 0 radical (unpaired) electrons. The number of unbranched alkanes of at least 4 members (excludes halogenated alkanes) is 20. The van der Waals surface area contributed by atoms with Crippen LogP contribution in [0.4, 0.5) is 0 Å². The first-order chi connectivity index (χ1) is 28.3. The molecule has 0 saturated heterocycles. The summed E-state index contributed by atoms with van der Waals surface area (Å²) in [4.78, 5) is 22.6. The van der Waals surface area contributed by atoms with Crippen LogP contribution in [0.25, 0.3) is 0 Å². The van der Waals surface area contributed by atoms with Gasteiger partial charge in [-0.05, 0) is 77.0 Å². The second kappa shape index (κ2) is 44.7. The Morgan fingerprint density at radius 2 is 0.983 bits per heavy atom. The highest BCUT2D eigenvalue weighted by atomic mass is 31.2.